The summed E-state index contributed by atoms with van der Waals surface area (Å²) in [5.74, 6) is 0.804. The largest absolute Gasteiger partial charge is 0.380 e. The van der Waals surface area contributed by atoms with Crippen molar-refractivity contribution in [1.29, 1.82) is 0 Å². The number of guanidine groups is 1. The minimum Gasteiger partial charge on any atom is -0.380 e. The molecule has 1 aromatic rings. The Bertz CT molecular complexity index is 759. The average molecular weight is 427 g/mol. The number of hydrogen-bond donors (Lipinski definition) is 1. The van der Waals surface area contributed by atoms with Crippen molar-refractivity contribution >= 4 is 16.0 Å². The molecule has 9 heteroatoms. The molecule has 1 fully saturated rings. The SMILES string of the molecule is CN=C(NCc1cccc(COC)c1)N1CCN(S(=O)(=O)CCOC(C)C)CC1. The molecule has 1 aliphatic heterocycles. The Balaban J connectivity index is 1.84. The Morgan fingerprint density at radius 2 is 1.90 bits per heavy atom. The molecule has 1 heterocycles. The van der Waals surface area contributed by atoms with Crippen LogP contribution in [0.3, 0.4) is 0 Å². The van der Waals surface area contributed by atoms with Crippen LogP contribution in [0.25, 0.3) is 0 Å². The first-order chi connectivity index (χ1) is 13.9. The third kappa shape index (κ3) is 7.58. The van der Waals surface area contributed by atoms with Gasteiger partial charge >= 0.3 is 0 Å². The Labute approximate surface area is 174 Å². The van der Waals surface area contributed by atoms with Crippen LogP contribution in [0.5, 0.6) is 0 Å². The predicted molar refractivity (Wildman–Crippen MR) is 115 cm³/mol. The van der Waals surface area contributed by atoms with Gasteiger partial charge in [0, 0.05) is 46.9 Å². The van der Waals surface area contributed by atoms with Gasteiger partial charge in [-0.1, -0.05) is 24.3 Å². The monoisotopic (exact) mass is 426 g/mol. The van der Waals surface area contributed by atoms with Gasteiger partial charge in [-0.3, -0.25) is 4.99 Å². The van der Waals surface area contributed by atoms with Crippen molar-refractivity contribution < 1.29 is 17.9 Å². The fraction of sp³-hybridized carbons (Fsp3) is 0.650. The van der Waals surface area contributed by atoms with Crippen molar-refractivity contribution in [3.8, 4) is 0 Å². The highest BCUT2D eigenvalue weighted by Gasteiger charge is 2.27. The molecule has 0 spiro atoms. The van der Waals surface area contributed by atoms with Crippen molar-refractivity contribution in [2.24, 2.45) is 4.99 Å². The van der Waals surface area contributed by atoms with Gasteiger partial charge in [0.05, 0.1) is 25.1 Å². The highest BCUT2D eigenvalue weighted by molar-refractivity contribution is 7.89. The standard InChI is InChI=1S/C20H34N4O4S/c1-17(2)28-12-13-29(25,26)24-10-8-23(9-11-24)20(21-3)22-15-18-6-5-7-19(14-18)16-27-4/h5-7,14,17H,8-13,15-16H2,1-4H3,(H,21,22). The molecule has 0 atom stereocenters. The number of nitrogens with one attached hydrogen (secondary N) is 1. The Hall–Kier alpha value is -1.68. The predicted octanol–water partition coefficient (Wildman–Crippen LogP) is 1.28. The molecule has 1 N–H and O–H groups in total. The molecule has 29 heavy (non-hydrogen) atoms. The molecule has 0 aliphatic carbocycles. The van der Waals surface area contributed by atoms with Gasteiger partial charge in [-0.15, -0.1) is 0 Å². The minimum atomic E-state index is -3.29. The van der Waals surface area contributed by atoms with Crippen molar-refractivity contribution in [3.05, 3.63) is 35.4 Å². The lowest BCUT2D eigenvalue weighted by Gasteiger charge is -2.35. The summed E-state index contributed by atoms with van der Waals surface area (Å²) in [6, 6.07) is 8.21. The highest BCUT2D eigenvalue weighted by atomic mass is 32.2. The summed E-state index contributed by atoms with van der Waals surface area (Å²) in [6.07, 6.45) is 0.0339. The summed E-state index contributed by atoms with van der Waals surface area (Å²) in [5.41, 5.74) is 2.27. The maximum Gasteiger partial charge on any atom is 0.216 e. The van der Waals surface area contributed by atoms with Crippen LogP contribution in [0.2, 0.25) is 0 Å². The van der Waals surface area contributed by atoms with E-state index in [0.29, 0.717) is 39.3 Å². The van der Waals surface area contributed by atoms with E-state index in [1.54, 1.807) is 18.5 Å². The molecule has 0 radical (unpaired) electrons. The number of methoxy groups -OCH3 is 1. The summed E-state index contributed by atoms with van der Waals surface area (Å²) in [5, 5.41) is 3.37. The Morgan fingerprint density at radius 3 is 2.52 bits per heavy atom. The van der Waals surface area contributed by atoms with E-state index >= 15 is 0 Å². The molecule has 0 aromatic heterocycles. The number of hydrogen-bond acceptors (Lipinski definition) is 5. The van der Waals surface area contributed by atoms with Crippen LogP contribution in [0.15, 0.2) is 29.3 Å². The number of rotatable bonds is 9. The molecule has 2 rings (SSSR count). The number of ether oxygens (including phenoxy) is 2. The maximum absolute atomic E-state index is 12.5. The first-order valence-electron chi connectivity index (χ1n) is 9.97. The number of aliphatic imine (C=N–C) groups is 1. The zero-order valence-corrected chi connectivity index (χ0v) is 18.7. The van der Waals surface area contributed by atoms with Crippen molar-refractivity contribution in [1.82, 2.24) is 14.5 Å². The molecule has 0 bridgehead atoms. The average Bonchev–Trinajstić information content (AvgIpc) is 2.69. The lowest BCUT2D eigenvalue weighted by molar-refractivity contribution is 0.0904. The lowest BCUT2D eigenvalue weighted by atomic mass is 10.1. The smallest absolute Gasteiger partial charge is 0.216 e. The minimum absolute atomic E-state index is 0.0238. The molecule has 0 saturated carbocycles. The van der Waals surface area contributed by atoms with E-state index in [1.807, 2.05) is 26.0 Å². The van der Waals surface area contributed by atoms with Gasteiger partial charge in [-0.2, -0.15) is 4.31 Å². The summed E-state index contributed by atoms with van der Waals surface area (Å²) in [7, 11) is 0.140. The number of sulfonamides is 1. The van der Waals surface area contributed by atoms with Crippen LogP contribution >= 0.6 is 0 Å². The first kappa shape index (κ1) is 23.6. The number of nitrogens with zero attached hydrogens (tertiary/aromatic N) is 3. The van der Waals surface area contributed by atoms with Crippen LogP contribution in [-0.4, -0.2) is 82.4 Å². The molecule has 0 amide bonds. The number of piperazine rings is 1. The van der Waals surface area contributed by atoms with E-state index in [4.69, 9.17) is 9.47 Å². The van der Waals surface area contributed by atoms with Gasteiger partial charge in [-0.25, -0.2) is 8.42 Å². The first-order valence-corrected chi connectivity index (χ1v) is 11.6. The van der Waals surface area contributed by atoms with E-state index in [1.165, 1.54) is 0 Å². The van der Waals surface area contributed by atoms with Crippen molar-refractivity contribution in [2.45, 2.75) is 33.1 Å². The van der Waals surface area contributed by atoms with Gasteiger partial charge in [0.25, 0.3) is 0 Å². The van der Waals surface area contributed by atoms with Crippen molar-refractivity contribution in [2.75, 3.05) is 52.7 Å². The van der Waals surface area contributed by atoms with Crippen LogP contribution < -0.4 is 5.32 Å². The molecule has 164 valence electrons. The summed E-state index contributed by atoms with van der Waals surface area (Å²) < 4.78 is 37.1. The van der Waals surface area contributed by atoms with Gasteiger partial charge in [0.1, 0.15) is 0 Å². The number of benzene rings is 1. The van der Waals surface area contributed by atoms with E-state index < -0.39 is 10.0 Å². The van der Waals surface area contributed by atoms with E-state index in [-0.39, 0.29) is 18.5 Å². The molecule has 1 aliphatic rings. The van der Waals surface area contributed by atoms with Gasteiger partial charge in [0.2, 0.25) is 10.0 Å². The zero-order valence-electron chi connectivity index (χ0n) is 17.9. The second-order valence-corrected chi connectivity index (χ2v) is 9.36. The van der Waals surface area contributed by atoms with E-state index in [9.17, 15) is 8.42 Å². The second-order valence-electron chi connectivity index (χ2n) is 7.28. The summed E-state index contributed by atoms with van der Waals surface area (Å²) >= 11 is 0. The van der Waals surface area contributed by atoms with Crippen LogP contribution in [0.1, 0.15) is 25.0 Å². The molecule has 1 saturated heterocycles. The Morgan fingerprint density at radius 1 is 1.21 bits per heavy atom. The lowest BCUT2D eigenvalue weighted by Crippen LogP contribution is -2.54. The summed E-state index contributed by atoms with van der Waals surface area (Å²) in [6.45, 7) is 7.38. The highest BCUT2D eigenvalue weighted by Crippen LogP contribution is 2.10. The van der Waals surface area contributed by atoms with Crippen LogP contribution in [0.4, 0.5) is 0 Å². The third-order valence-corrected chi connectivity index (χ3v) is 6.52. The maximum atomic E-state index is 12.5. The van der Waals surface area contributed by atoms with Crippen molar-refractivity contribution in [3.63, 3.8) is 0 Å². The van der Waals surface area contributed by atoms with Gasteiger partial charge < -0.3 is 19.7 Å². The second kappa shape index (κ2) is 11.5. The normalized spacial score (nSPS) is 16.4. The molecule has 8 nitrogen and oxygen atoms in total. The molecule has 1 aromatic carbocycles. The van der Waals surface area contributed by atoms with E-state index in [2.05, 4.69) is 27.3 Å². The van der Waals surface area contributed by atoms with Crippen LogP contribution in [-0.2, 0) is 32.6 Å². The fourth-order valence-electron chi connectivity index (χ4n) is 3.21. The Kier molecular flexibility index (Phi) is 9.35. The van der Waals surface area contributed by atoms with Gasteiger partial charge in [0.15, 0.2) is 5.96 Å². The fourth-order valence-corrected chi connectivity index (χ4v) is 4.49. The quantitative estimate of drug-likeness (QED) is 0.473. The molecule has 0 unspecified atom stereocenters. The third-order valence-electron chi connectivity index (χ3n) is 4.69. The molecular weight excluding hydrogens is 392 g/mol. The summed E-state index contributed by atoms with van der Waals surface area (Å²) in [4.78, 5) is 6.45. The molecular formula is C20H34N4O4S. The zero-order chi connectivity index (χ0) is 21.3. The van der Waals surface area contributed by atoms with Crippen LogP contribution in [0, 0.1) is 0 Å². The van der Waals surface area contributed by atoms with Gasteiger partial charge in [-0.05, 0) is 25.0 Å². The van der Waals surface area contributed by atoms with E-state index in [0.717, 1.165) is 17.1 Å². The topological polar surface area (TPSA) is 83.5 Å².